The quantitative estimate of drug-likeness (QED) is 0.218. The fourth-order valence-electron chi connectivity index (χ4n) is 5.23. The Labute approximate surface area is 204 Å². The van der Waals surface area contributed by atoms with Crippen molar-refractivity contribution in [3.63, 3.8) is 0 Å². The summed E-state index contributed by atoms with van der Waals surface area (Å²) < 4.78 is 56.0. The Morgan fingerprint density at radius 3 is 2.20 bits per heavy atom. The van der Waals surface area contributed by atoms with Crippen LogP contribution in [0.5, 0.6) is 5.75 Å². The number of allylic oxidation sites excluding steroid dienone is 1. The van der Waals surface area contributed by atoms with Gasteiger partial charge in [-0.3, -0.25) is 0 Å². The van der Waals surface area contributed by atoms with E-state index >= 15 is 4.39 Å². The Bertz CT molecular complexity index is 1130. The minimum absolute atomic E-state index is 0.216. The summed E-state index contributed by atoms with van der Waals surface area (Å²) in [4.78, 5) is 0. The number of aryl methyl sites for hydroxylation is 3. The summed E-state index contributed by atoms with van der Waals surface area (Å²) in [6.45, 7) is 3.86. The molecule has 0 bridgehead atoms. The summed E-state index contributed by atoms with van der Waals surface area (Å²) in [6.07, 6.45) is 6.85. The molecule has 1 fully saturated rings. The molecule has 5 heteroatoms. The maximum atomic E-state index is 15.2. The van der Waals surface area contributed by atoms with Gasteiger partial charge >= 0.3 is 6.36 Å². The molecule has 0 spiro atoms. The van der Waals surface area contributed by atoms with E-state index < -0.39 is 6.36 Å². The van der Waals surface area contributed by atoms with Gasteiger partial charge in [-0.05, 0) is 91.0 Å². The summed E-state index contributed by atoms with van der Waals surface area (Å²) >= 11 is 0. The summed E-state index contributed by atoms with van der Waals surface area (Å²) in [5.41, 5.74) is 2.68. The standard InChI is InChI=1S/C30H32F4O/c1-2-3-21-4-6-22(7-5-21)8-9-24-13-19-28-26(20-24)16-15-25(29(28)31)14-10-23-11-17-27(18-12-23)35-30(32,33)34/h2,11-13,15-22H,1,3-10,14H2. The van der Waals surface area contributed by atoms with E-state index in [9.17, 15) is 13.2 Å². The maximum Gasteiger partial charge on any atom is 0.573 e. The van der Waals surface area contributed by atoms with Crippen LogP contribution in [-0.2, 0) is 19.3 Å². The Morgan fingerprint density at radius 2 is 1.51 bits per heavy atom. The molecule has 1 nitrogen and oxygen atoms in total. The predicted octanol–water partition coefficient (Wildman–Crippen LogP) is 8.98. The SMILES string of the molecule is C=CCC1CCC(CCc2ccc3c(F)c(CCc4ccc(OC(F)(F)F)cc4)ccc3c2)CC1. The molecule has 3 aromatic carbocycles. The van der Waals surface area contributed by atoms with E-state index in [0.29, 0.717) is 23.8 Å². The second kappa shape index (κ2) is 11.3. The zero-order chi connectivity index (χ0) is 24.8. The first-order valence-corrected chi connectivity index (χ1v) is 12.5. The van der Waals surface area contributed by atoms with Crippen LogP contribution in [-0.4, -0.2) is 6.36 Å². The molecular formula is C30H32F4O. The molecule has 3 aromatic rings. The number of ether oxygens (including phenoxy) is 1. The molecule has 35 heavy (non-hydrogen) atoms. The highest BCUT2D eigenvalue weighted by molar-refractivity contribution is 5.84. The van der Waals surface area contributed by atoms with Crippen LogP contribution in [0, 0.1) is 17.7 Å². The Balaban J connectivity index is 1.33. The topological polar surface area (TPSA) is 9.23 Å². The molecule has 0 N–H and O–H groups in total. The monoisotopic (exact) mass is 484 g/mol. The van der Waals surface area contributed by atoms with Gasteiger partial charge in [0, 0.05) is 5.39 Å². The van der Waals surface area contributed by atoms with Gasteiger partial charge in [0.2, 0.25) is 0 Å². The molecule has 0 atom stereocenters. The van der Waals surface area contributed by atoms with Crippen molar-refractivity contribution >= 4 is 10.8 Å². The molecule has 0 amide bonds. The van der Waals surface area contributed by atoms with Crippen molar-refractivity contribution in [2.24, 2.45) is 11.8 Å². The molecule has 0 saturated heterocycles. The Kier molecular flexibility index (Phi) is 8.15. The molecule has 0 heterocycles. The number of alkyl halides is 3. The number of hydrogen-bond donors (Lipinski definition) is 0. The highest BCUT2D eigenvalue weighted by atomic mass is 19.4. The van der Waals surface area contributed by atoms with Gasteiger partial charge in [-0.15, -0.1) is 19.8 Å². The minimum Gasteiger partial charge on any atom is -0.406 e. The van der Waals surface area contributed by atoms with E-state index in [1.54, 1.807) is 12.1 Å². The van der Waals surface area contributed by atoms with E-state index in [4.69, 9.17) is 0 Å². The van der Waals surface area contributed by atoms with Crippen molar-refractivity contribution in [1.82, 2.24) is 0 Å². The number of fused-ring (bicyclic) bond motifs is 1. The number of halogens is 4. The zero-order valence-electron chi connectivity index (χ0n) is 19.9. The lowest BCUT2D eigenvalue weighted by Crippen LogP contribution is -2.17. The maximum absolute atomic E-state index is 15.2. The van der Waals surface area contributed by atoms with Crippen LogP contribution in [0.3, 0.4) is 0 Å². The second-order valence-electron chi connectivity index (χ2n) is 9.74. The third kappa shape index (κ3) is 7.09. The number of hydrogen-bond acceptors (Lipinski definition) is 1. The van der Waals surface area contributed by atoms with Gasteiger partial charge in [0.05, 0.1) is 0 Å². The molecule has 0 radical (unpaired) electrons. The lowest BCUT2D eigenvalue weighted by atomic mass is 9.78. The van der Waals surface area contributed by atoms with Crippen molar-refractivity contribution in [3.8, 4) is 5.75 Å². The largest absolute Gasteiger partial charge is 0.573 e. The van der Waals surface area contributed by atoms with Gasteiger partial charge in [-0.2, -0.15) is 0 Å². The van der Waals surface area contributed by atoms with E-state index in [1.807, 2.05) is 30.3 Å². The lowest BCUT2D eigenvalue weighted by molar-refractivity contribution is -0.274. The summed E-state index contributed by atoms with van der Waals surface area (Å²) in [5.74, 6) is 1.12. The average Bonchev–Trinajstić information content (AvgIpc) is 2.83. The van der Waals surface area contributed by atoms with Gasteiger partial charge in [-0.1, -0.05) is 61.4 Å². The fraction of sp³-hybridized carbons (Fsp3) is 0.400. The molecular weight excluding hydrogens is 452 g/mol. The van der Waals surface area contributed by atoms with E-state index in [2.05, 4.69) is 17.4 Å². The molecule has 186 valence electrons. The van der Waals surface area contributed by atoms with Crippen molar-refractivity contribution in [2.45, 2.75) is 64.1 Å². The van der Waals surface area contributed by atoms with Crippen LogP contribution in [0.1, 0.15) is 55.2 Å². The van der Waals surface area contributed by atoms with Gasteiger partial charge in [0.15, 0.2) is 0 Å². The van der Waals surface area contributed by atoms with Crippen molar-refractivity contribution in [1.29, 1.82) is 0 Å². The molecule has 4 rings (SSSR count). The first-order valence-electron chi connectivity index (χ1n) is 12.5. The first kappa shape index (κ1) is 25.3. The van der Waals surface area contributed by atoms with E-state index in [-0.39, 0.29) is 11.6 Å². The fourth-order valence-corrected chi connectivity index (χ4v) is 5.23. The second-order valence-corrected chi connectivity index (χ2v) is 9.74. The van der Waals surface area contributed by atoms with Crippen molar-refractivity contribution < 1.29 is 22.3 Å². The van der Waals surface area contributed by atoms with E-state index in [1.165, 1.54) is 49.8 Å². The van der Waals surface area contributed by atoms with Crippen molar-refractivity contribution in [2.75, 3.05) is 0 Å². The van der Waals surface area contributed by atoms with Crippen molar-refractivity contribution in [3.05, 3.63) is 89.8 Å². The lowest BCUT2D eigenvalue weighted by Gasteiger charge is -2.27. The smallest absolute Gasteiger partial charge is 0.406 e. The highest BCUT2D eigenvalue weighted by Crippen LogP contribution is 2.34. The molecule has 1 saturated carbocycles. The first-order chi connectivity index (χ1) is 16.8. The molecule has 1 aliphatic carbocycles. The summed E-state index contributed by atoms with van der Waals surface area (Å²) in [7, 11) is 0. The van der Waals surface area contributed by atoms with Gasteiger partial charge in [0.25, 0.3) is 0 Å². The molecule has 0 aliphatic heterocycles. The van der Waals surface area contributed by atoms with Gasteiger partial charge in [0.1, 0.15) is 11.6 Å². The Morgan fingerprint density at radius 1 is 0.829 bits per heavy atom. The van der Waals surface area contributed by atoms with Crippen LogP contribution in [0.2, 0.25) is 0 Å². The van der Waals surface area contributed by atoms with Crippen LogP contribution < -0.4 is 4.74 Å². The zero-order valence-corrected chi connectivity index (χ0v) is 19.9. The average molecular weight is 485 g/mol. The number of benzene rings is 3. The third-order valence-electron chi connectivity index (χ3n) is 7.25. The molecule has 0 aromatic heterocycles. The summed E-state index contributed by atoms with van der Waals surface area (Å²) in [6, 6.07) is 15.6. The van der Waals surface area contributed by atoms with Crippen LogP contribution in [0.25, 0.3) is 10.8 Å². The predicted molar refractivity (Wildman–Crippen MR) is 133 cm³/mol. The van der Waals surface area contributed by atoms with Crippen LogP contribution in [0.15, 0.2) is 67.3 Å². The Hall–Kier alpha value is -2.82. The number of rotatable bonds is 9. The molecule has 1 aliphatic rings. The van der Waals surface area contributed by atoms with Crippen LogP contribution in [0.4, 0.5) is 17.6 Å². The molecule has 0 unspecified atom stereocenters. The third-order valence-corrected chi connectivity index (χ3v) is 7.25. The van der Waals surface area contributed by atoms with Gasteiger partial charge in [-0.25, -0.2) is 4.39 Å². The summed E-state index contributed by atoms with van der Waals surface area (Å²) in [5, 5.41) is 1.53. The highest BCUT2D eigenvalue weighted by Gasteiger charge is 2.31. The van der Waals surface area contributed by atoms with Crippen LogP contribution >= 0.6 is 0 Å². The normalized spacial score (nSPS) is 18.5. The van der Waals surface area contributed by atoms with E-state index in [0.717, 1.165) is 35.6 Å². The minimum atomic E-state index is -4.71. The van der Waals surface area contributed by atoms with Gasteiger partial charge < -0.3 is 4.74 Å².